The van der Waals surface area contributed by atoms with E-state index in [0.717, 1.165) is 83.5 Å². The SMILES string of the molecule is COC(=O)Oc1c(C)cc(C(c2cc(C(c3cc(C)c(OC(=O)OC(C)(C)C)c(C)c3C)c3cc(C)c(OC(=O)OC(C)(C)C)c(C)c3C)cc(C(c3cc(C)c(OC(=O)OC(C)(C)C)c(C)c3C)c3cc(C)c(OC(=O)OC(C)(C)C)c(C)c3C)c2)c2cc(C)c(OC(=O)OC(C)(C)C)c(C)c2C)c(C)c1C. The summed E-state index contributed by atoms with van der Waals surface area (Å²) in [7, 11) is 1.26. The van der Waals surface area contributed by atoms with Crippen molar-refractivity contribution in [2.24, 2.45) is 0 Å². The van der Waals surface area contributed by atoms with E-state index in [4.69, 9.17) is 56.8 Å². The van der Waals surface area contributed by atoms with Gasteiger partial charge < -0.3 is 56.8 Å². The van der Waals surface area contributed by atoms with Gasteiger partial charge in [0.15, 0.2) is 0 Å². The van der Waals surface area contributed by atoms with Crippen LogP contribution in [0.5, 0.6) is 34.5 Å². The monoisotopic (exact) mass is 1480 g/mol. The lowest BCUT2D eigenvalue weighted by molar-refractivity contribution is 0.0190. The standard InChI is InChI=1S/C90H114O18/c1-44-35-65(50(7)56(13)74(44)98-80(91)97-34)71(66-36-45(2)75(57(14)51(66)8)99-81(92)104-86(19,20)21)62-41-63(72(67-37-46(3)76(58(15)52(67)9)100-82(93)105-87(22,23)24)68-38-47(4)77(59(16)53(68)10)101-83(94)106-88(25,26)27)43-64(42-62)73(69-39-48(5)78(60(17)54(69)11)102-84(95)107-89(28,29)30)70-40-49(6)79(61(18)55(70)12)103-85(96)108-90(31,32)33/h35-43,71-73H,1-34H3. The number of hydrogen-bond donors (Lipinski definition) is 0. The minimum Gasteiger partial charge on any atom is -0.437 e. The topological polar surface area (TPSA) is 213 Å². The van der Waals surface area contributed by atoms with E-state index in [2.05, 4.69) is 48.5 Å². The molecule has 0 amide bonds. The third-order valence-corrected chi connectivity index (χ3v) is 19.5. The van der Waals surface area contributed by atoms with E-state index in [-0.39, 0.29) is 0 Å². The molecule has 18 nitrogen and oxygen atoms in total. The number of hydrogen-bond acceptors (Lipinski definition) is 18. The molecule has 18 heteroatoms. The third-order valence-electron chi connectivity index (χ3n) is 19.5. The predicted molar refractivity (Wildman–Crippen MR) is 421 cm³/mol. The van der Waals surface area contributed by atoms with E-state index in [1.807, 2.05) is 131 Å². The lowest BCUT2D eigenvalue weighted by atomic mass is 9.72. The maximum Gasteiger partial charge on any atom is 0.514 e. The summed E-state index contributed by atoms with van der Waals surface area (Å²) in [4.78, 5) is 82.0. The van der Waals surface area contributed by atoms with Crippen LogP contribution < -0.4 is 28.4 Å². The van der Waals surface area contributed by atoms with Gasteiger partial charge in [0.25, 0.3) is 0 Å². The first-order valence-electron chi connectivity index (χ1n) is 36.6. The highest BCUT2D eigenvalue weighted by molar-refractivity contribution is 5.74. The molecule has 0 saturated heterocycles. The maximum absolute atomic E-state index is 13.8. The van der Waals surface area contributed by atoms with Crippen molar-refractivity contribution in [2.45, 2.75) is 274 Å². The van der Waals surface area contributed by atoms with Crippen molar-refractivity contribution >= 4 is 36.9 Å². The summed E-state index contributed by atoms with van der Waals surface area (Å²) in [6.07, 6.45) is -5.18. The minimum atomic E-state index is -0.882. The highest BCUT2D eigenvalue weighted by Crippen LogP contribution is 2.51. The number of aryl methyl sites for hydroxylation is 6. The zero-order chi connectivity index (χ0) is 81.6. The molecule has 0 aliphatic heterocycles. The molecule has 7 rings (SSSR count). The maximum atomic E-state index is 13.8. The first-order valence-corrected chi connectivity index (χ1v) is 36.6. The van der Waals surface area contributed by atoms with Crippen molar-refractivity contribution in [3.8, 4) is 34.5 Å². The molecular weight excluding hydrogens is 1370 g/mol. The van der Waals surface area contributed by atoms with Crippen LogP contribution in [-0.4, -0.2) is 72.0 Å². The Labute approximate surface area is 640 Å². The van der Waals surface area contributed by atoms with Crippen LogP contribution in [0.3, 0.4) is 0 Å². The molecule has 0 aliphatic rings. The molecule has 0 radical (unpaired) electrons. The Morgan fingerprint density at radius 1 is 0.222 bits per heavy atom. The summed E-state index contributed by atoms with van der Waals surface area (Å²) in [5.74, 6) is -0.0797. The fourth-order valence-corrected chi connectivity index (χ4v) is 14.0. The molecule has 1 unspecified atom stereocenters. The number of rotatable bonds is 15. The van der Waals surface area contributed by atoms with Gasteiger partial charge in [-0.2, -0.15) is 0 Å². The molecule has 1 atom stereocenters. The highest BCUT2D eigenvalue weighted by Gasteiger charge is 2.37. The Morgan fingerprint density at radius 2 is 0.361 bits per heavy atom. The molecule has 0 saturated carbocycles. The van der Waals surface area contributed by atoms with Gasteiger partial charge in [-0.25, -0.2) is 28.8 Å². The average Bonchev–Trinajstić information content (AvgIpc) is 0.736. The van der Waals surface area contributed by atoms with Crippen LogP contribution >= 0.6 is 0 Å². The van der Waals surface area contributed by atoms with Gasteiger partial charge in [0.2, 0.25) is 0 Å². The molecule has 108 heavy (non-hydrogen) atoms. The van der Waals surface area contributed by atoms with E-state index in [0.29, 0.717) is 101 Å². The van der Waals surface area contributed by atoms with Gasteiger partial charge in [-0.1, -0.05) is 54.6 Å². The smallest absolute Gasteiger partial charge is 0.437 e. The fourth-order valence-electron chi connectivity index (χ4n) is 14.0. The second-order valence-electron chi connectivity index (χ2n) is 33.8. The lowest BCUT2D eigenvalue weighted by Gasteiger charge is -2.33. The number of ether oxygens (including phenoxy) is 12. The molecule has 0 N–H and O–H groups in total. The average molecular weight is 1480 g/mol. The minimum absolute atomic E-state index is 0.336. The Hall–Kier alpha value is -9.84. The van der Waals surface area contributed by atoms with Crippen molar-refractivity contribution in [1.29, 1.82) is 0 Å². The van der Waals surface area contributed by atoms with Gasteiger partial charge in [-0.3, -0.25) is 0 Å². The van der Waals surface area contributed by atoms with Crippen LogP contribution in [0, 0.1) is 125 Å². The molecule has 582 valence electrons. The van der Waals surface area contributed by atoms with E-state index in [9.17, 15) is 28.8 Å². The summed E-state index contributed by atoms with van der Waals surface area (Å²) >= 11 is 0. The summed E-state index contributed by atoms with van der Waals surface area (Å²) < 4.78 is 70.7. The molecule has 0 heterocycles. The zero-order valence-corrected chi connectivity index (χ0v) is 70.3. The van der Waals surface area contributed by atoms with Gasteiger partial charge in [0.05, 0.1) is 7.11 Å². The van der Waals surface area contributed by atoms with Crippen LogP contribution in [0.1, 0.15) is 272 Å². The van der Waals surface area contributed by atoms with Crippen molar-refractivity contribution in [2.75, 3.05) is 7.11 Å². The highest BCUT2D eigenvalue weighted by atomic mass is 16.8. The van der Waals surface area contributed by atoms with E-state index in [1.165, 1.54) is 7.11 Å². The predicted octanol–water partition coefficient (Wildman–Crippen LogP) is 23.5. The van der Waals surface area contributed by atoms with E-state index in [1.54, 1.807) is 104 Å². The quantitative estimate of drug-likeness (QED) is 0.0404. The summed E-state index contributed by atoms with van der Waals surface area (Å²) in [6.45, 7) is 61.6. The molecule has 0 aromatic heterocycles. The Morgan fingerprint density at radius 3 is 0.491 bits per heavy atom. The van der Waals surface area contributed by atoms with E-state index >= 15 is 0 Å². The first kappa shape index (κ1) is 85.4. The van der Waals surface area contributed by atoms with Crippen LogP contribution in [-0.2, 0) is 28.4 Å². The van der Waals surface area contributed by atoms with Crippen LogP contribution in [0.4, 0.5) is 28.8 Å². The third kappa shape index (κ3) is 19.9. The number of carbonyl (C=O) groups is 6. The number of benzene rings is 7. The molecule has 0 aliphatic carbocycles. The van der Waals surface area contributed by atoms with Crippen molar-refractivity contribution < 1.29 is 85.6 Å². The van der Waals surface area contributed by atoms with E-state index < -0.39 is 82.7 Å². The summed E-state index contributed by atoms with van der Waals surface area (Å²) in [5.41, 5.74) is 15.9. The summed E-state index contributed by atoms with van der Waals surface area (Å²) in [6, 6.07) is 19.0. The zero-order valence-electron chi connectivity index (χ0n) is 70.3. The van der Waals surface area contributed by atoms with Crippen molar-refractivity contribution in [3.63, 3.8) is 0 Å². The summed E-state index contributed by atoms with van der Waals surface area (Å²) in [5, 5.41) is 0. The first-order chi connectivity index (χ1) is 49.5. The Bertz CT molecular complexity index is 4320. The van der Waals surface area contributed by atoms with Crippen LogP contribution in [0.25, 0.3) is 0 Å². The van der Waals surface area contributed by atoms with Gasteiger partial charge >= 0.3 is 36.9 Å². The molecule has 0 bridgehead atoms. The Balaban J connectivity index is 1.82. The van der Waals surface area contributed by atoms with Gasteiger partial charge in [0, 0.05) is 17.8 Å². The van der Waals surface area contributed by atoms with Gasteiger partial charge in [-0.15, -0.1) is 0 Å². The molecule has 7 aromatic carbocycles. The lowest BCUT2D eigenvalue weighted by Crippen LogP contribution is -2.26. The van der Waals surface area contributed by atoms with Crippen LogP contribution in [0.2, 0.25) is 0 Å². The van der Waals surface area contributed by atoms with Crippen LogP contribution in [0.15, 0.2) is 54.6 Å². The normalized spacial score (nSPS) is 12.3. The molecule has 0 fully saturated rings. The number of methoxy groups -OCH3 is 1. The fraction of sp³-hybridized carbons (Fsp3) is 0.467. The largest absolute Gasteiger partial charge is 0.514 e. The second kappa shape index (κ2) is 32.2. The molecule has 0 spiro atoms. The molecular formula is C90H114O18. The van der Waals surface area contributed by atoms with Gasteiger partial charge in [0.1, 0.15) is 62.5 Å². The Kier molecular flexibility index (Phi) is 25.4. The van der Waals surface area contributed by atoms with Crippen molar-refractivity contribution in [3.05, 3.63) is 205 Å². The number of carbonyl (C=O) groups excluding carboxylic acids is 6. The second-order valence-corrected chi connectivity index (χ2v) is 33.8. The van der Waals surface area contributed by atoms with Gasteiger partial charge in [-0.05, 0) is 379 Å². The van der Waals surface area contributed by atoms with Crippen molar-refractivity contribution in [1.82, 2.24) is 0 Å². The molecule has 7 aromatic rings.